The van der Waals surface area contributed by atoms with Gasteiger partial charge in [0.05, 0.1) is 18.7 Å². The number of urea groups is 1. The molecular weight excluding hydrogens is 404 g/mol. The Kier molecular flexibility index (Phi) is 5.83. The van der Waals surface area contributed by atoms with Crippen molar-refractivity contribution in [2.75, 3.05) is 19.7 Å². The summed E-state index contributed by atoms with van der Waals surface area (Å²) in [6.45, 7) is 0.500. The van der Waals surface area contributed by atoms with Gasteiger partial charge in [-0.25, -0.2) is 4.79 Å². The Morgan fingerprint density at radius 2 is 1.88 bits per heavy atom. The monoisotopic (exact) mass is 434 g/mol. The number of benzene rings is 1. The van der Waals surface area contributed by atoms with Gasteiger partial charge in [0.25, 0.3) is 0 Å². The van der Waals surface area contributed by atoms with Gasteiger partial charge in [-0.05, 0) is 35.6 Å². The lowest BCUT2D eigenvalue weighted by Crippen LogP contribution is -2.74. The van der Waals surface area contributed by atoms with Crippen molar-refractivity contribution >= 4 is 11.9 Å². The summed E-state index contributed by atoms with van der Waals surface area (Å²) in [6, 6.07) is 11.9. The second kappa shape index (κ2) is 8.90. The number of hydrogen-bond donors (Lipinski definition) is 2. The van der Waals surface area contributed by atoms with E-state index in [-0.39, 0.29) is 49.1 Å². The fraction of sp³-hybridized carbons (Fsp3) is 0.480. The van der Waals surface area contributed by atoms with Crippen molar-refractivity contribution in [1.82, 2.24) is 20.1 Å². The zero-order valence-corrected chi connectivity index (χ0v) is 18.2. The maximum absolute atomic E-state index is 12.9. The maximum atomic E-state index is 12.9. The summed E-state index contributed by atoms with van der Waals surface area (Å²) in [5.74, 6) is -0.0699. The van der Waals surface area contributed by atoms with Crippen LogP contribution >= 0.6 is 0 Å². The van der Waals surface area contributed by atoms with Gasteiger partial charge in [0.2, 0.25) is 5.91 Å². The molecule has 7 nitrogen and oxygen atoms in total. The lowest BCUT2D eigenvalue weighted by molar-refractivity contribution is -0.159. The summed E-state index contributed by atoms with van der Waals surface area (Å²) in [6.07, 6.45) is 9.14. The maximum Gasteiger partial charge on any atom is 0.318 e. The van der Waals surface area contributed by atoms with E-state index in [1.807, 2.05) is 18.3 Å². The van der Waals surface area contributed by atoms with E-state index in [0.29, 0.717) is 6.54 Å². The van der Waals surface area contributed by atoms with Gasteiger partial charge in [0.15, 0.2) is 0 Å². The van der Waals surface area contributed by atoms with E-state index >= 15 is 0 Å². The summed E-state index contributed by atoms with van der Waals surface area (Å²) >= 11 is 0. The zero-order chi connectivity index (χ0) is 22.1. The Morgan fingerprint density at radius 3 is 2.56 bits per heavy atom. The van der Waals surface area contributed by atoms with Crippen molar-refractivity contribution in [3.63, 3.8) is 0 Å². The van der Waals surface area contributed by atoms with Crippen molar-refractivity contribution < 1.29 is 14.7 Å². The van der Waals surface area contributed by atoms with Crippen LogP contribution in [0.1, 0.15) is 43.6 Å². The number of carbonyl (C=O) groups excluding carboxylic acids is 2. The third-order valence-electron chi connectivity index (χ3n) is 7.26. The molecule has 32 heavy (non-hydrogen) atoms. The predicted molar refractivity (Wildman–Crippen MR) is 121 cm³/mol. The Hall–Kier alpha value is -2.93. The van der Waals surface area contributed by atoms with Crippen molar-refractivity contribution in [1.29, 1.82) is 0 Å². The summed E-state index contributed by atoms with van der Waals surface area (Å²) in [5.41, 5.74) is 3.21. The number of aromatic nitrogens is 1. The molecule has 3 atom stereocenters. The molecule has 3 amide bonds. The number of carbonyl (C=O) groups is 2. The second-order valence-electron chi connectivity index (χ2n) is 9.17. The van der Waals surface area contributed by atoms with E-state index in [2.05, 4.69) is 34.6 Å². The first-order chi connectivity index (χ1) is 15.7. The van der Waals surface area contributed by atoms with Crippen LogP contribution in [0.5, 0.6) is 0 Å². The fourth-order valence-corrected chi connectivity index (χ4v) is 5.60. The number of hydrogen-bond acceptors (Lipinski definition) is 4. The topological polar surface area (TPSA) is 85.8 Å². The first kappa shape index (κ1) is 20.9. The summed E-state index contributed by atoms with van der Waals surface area (Å²) in [4.78, 5) is 33.3. The fourth-order valence-electron chi connectivity index (χ4n) is 5.60. The quantitative estimate of drug-likeness (QED) is 0.775. The highest BCUT2D eigenvalue weighted by Gasteiger charge is 2.54. The smallest absolute Gasteiger partial charge is 0.318 e. The Labute approximate surface area is 188 Å². The van der Waals surface area contributed by atoms with Crippen molar-refractivity contribution in [3.8, 4) is 11.1 Å². The molecule has 1 aliphatic carbocycles. The molecule has 168 valence electrons. The third-order valence-corrected chi connectivity index (χ3v) is 7.26. The summed E-state index contributed by atoms with van der Waals surface area (Å²) in [5, 5.41) is 13.1. The summed E-state index contributed by atoms with van der Waals surface area (Å²) < 4.78 is 0. The van der Waals surface area contributed by atoms with Crippen LogP contribution in [0.15, 0.2) is 48.8 Å². The minimum absolute atomic E-state index is 0.0113. The lowest BCUT2D eigenvalue weighted by atomic mass is 9.73. The van der Waals surface area contributed by atoms with Crippen molar-refractivity contribution in [3.05, 3.63) is 54.4 Å². The van der Waals surface area contributed by atoms with Crippen LogP contribution in [0.25, 0.3) is 11.1 Å². The van der Waals surface area contributed by atoms with Gasteiger partial charge in [0, 0.05) is 30.9 Å². The van der Waals surface area contributed by atoms with E-state index < -0.39 is 0 Å². The molecule has 0 radical (unpaired) electrons. The second-order valence-corrected chi connectivity index (χ2v) is 9.17. The average Bonchev–Trinajstić information content (AvgIpc) is 2.82. The number of amides is 3. The minimum Gasteiger partial charge on any atom is -0.394 e. The number of fused-ring (bicyclic) bond motifs is 1. The molecule has 1 aromatic heterocycles. The van der Waals surface area contributed by atoms with Gasteiger partial charge in [-0.2, -0.15) is 0 Å². The number of nitrogens with zero attached hydrogens (tertiary/aromatic N) is 3. The van der Waals surface area contributed by atoms with Gasteiger partial charge < -0.3 is 20.2 Å². The standard InChI is InChI=1S/C25H30N4O3/c30-16-22-24(18-10-8-17(9-11-18)19-5-4-12-26-13-19)21-14-28(15-23(31)29(21)22)25(32)27-20-6-2-1-3-7-20/h4-5,8-13,20-22,24,30H,1-3,6-7,14-16H2,(H,27,32)/t21-,22-,24+/m0/s1. The zero-order valence-electron chi connectivity index (χ0n) is 18.2. The molecule has 2 aromatic rings. The first-order valence-electron chi connectivity index (χ1n) is 11.6. The molecule has 7 heteroatoms. The molecule has 0 bridgehead atoms. The molecule has 2 saturated heterocycles. The number of nitrogens with one attached hydrogen (secondary N) is 1. The molecule has 5 rings (SSSR count). The lowest BCUT2D eigenvalue weighted by Gasteiger charge is -2.58. The Morgan fingerprint density at radius 1 is 1.09 bits per heavy atom. The molecule has 1 aromatic carbocycles. The van der Waals surface area contributed by atoms with Gasteiger partial charge >= 0.3 is 6.03 Å². The largest absolute Gasteiger partial charge is 0.394 e. The molecular formula is C25H30N4O3. The Bertz CT molecular complexity index is 959. The van der Waals surface area contributed by atoms with Crippen LogP contribution in [0.4, 0.5) is 4.79 Å². The van der Waals surface area contributed by atoms with Gasteiger partial charge in [-0.1, -0.05) is 49.6 Å². The molecule has 3 fully saturated rings. The average molecular weight is 435 g/mol. The van der Waals surface area contributed by atoms with Crippen LogP contribution in [0.2, 0.25) is 0 Å². The molecule has 2 N–H and O–H groups in total. The molecule has 1 saturated carbocycles. The van der Waals surface area contributed by atoms with E-state index in [0.717, 1.165) is 42.4 Å². The Balaban J connectivity index is 1.31. The number of aliphatic hydroxyl groups excluding tert-OH is 1. The number of rotatable bonds is 4. The summed E-state index contributed by atoms with van der Waals surface area (Å²) in [7, 11) is 0. The van der Waals surface area contributed by atoms with Crippen LogP contribution in [0.3, 0.4) is 0 Å². The highest BCUT2D eigenvalue weighted by atomic mass is 16.3. The highest BCUT2D eigenvalue weighted by molar-refractivity contribution is 5.87. The highest BCUT2D eigenvalue weighted by Crippen LogP contribution is 2.43. The van der Waals surface area contributed by atoms with Crippen LogP contribution < -0.4 is 5.32 Å². The molecule has 3 heterocycles. The number of aliphatic hydroxyl groups is 1. The minimum atomic E-state index is -0.236. The van der Waals surface area contributed by atoms with Gasteiger partial charge in [0.1, 0.15) is 6.54 Å². The van der Waals surface area contributed by atoms with E-state index in [1.165, 1.54) is 6.42 Å². The third kappa shape index (κ3) is 3.86. The van der Waals surface area contributed by atoms with Crippen molar-refractivity contribution in [2.45, 2.75) is 56.1 Å². The van der Waals surface area contributed by atoms with E-state index in [9.17, 15) is 14.7 Å². The molecule has 2 aliphatic heterocycles. The van der Waals surface area contributed by atoms with Gasteiger partial charge in [-0.3, -0.25) is 9.78 Å². The van der Waals surface area contributed by atoms with E-state index in [1.54, 1.807) is 16.0 Å². The molecule has 3 aliphatic rings. The van der Waals surface area contributed by atoms with Crippen LogP contribution in [0, 0.1) is 0 Å². The SMILES string of the molecule is O=C(NC1CCCCC1)N1CC(=O)N2[C@@H](CO)[C@H](c3ccc(-c4cccnc4)cc3)[C@@H]2C1. The van der Waals surface area contributed by atoms with Crippen molar-refractivity contribution in [2.24, 2.45) is 0 Å². The number of piperazine rings is 1. The first-order valence-corrected chi connectivity index (χ1v) is 11.6. The van der Waals surface area contributed by atoms with Crippen LogP contribution in [-0.2, 0) is 4.79 Å². The molecule has 0 unspecified atom stereocenters. The normalized spacial score (nSPS) is 25.8. The predicted octanol–water partition coefficient (Wildman–Crippen LogP) is 2.76. The van der Waals surface area contributed by atoms with Crippen LogP contribution in [-0.4, -0.2) is 69.7 Å². The van der Waals surface area contributed by atoms with Gasteiger partial charge in [-0.15, -0.1) is 0 Å². The van der Waals surface area contributed by atoms with E-state index in [4.69, 9.17) is 0 Å². The molecule has 0 spiro atoms. The number of pyridine rings is 1.